The Bertz CT molecular complexity index is 526. The SMILES string of the molecule is CC(=O)NCCCCNC(=O)C=Cc1ccc(O)c(O)c1. The molecule has 0 radical (unpaired) electrons. The molecule has 0 aromatic heterocycles. The molecule has 2 amide bonds. The van der Waals surface area contributed by atoms with Crippen molar-refractivity contribution in [3.63, 3.8) is 0 Å². The van der Waals surface area contributed by atoms with Crippen LogP contribution in [0.1, 0.15) is 25.3 Å². The van der Waals surface area contributed by atoms with E-state index in [-0.39, 0.29) is 23.3 Å². The first-order valence-corrected chi connectivity index (χ1v) is 6.71. The third-order valence-electron chi connectivity index (χ3n) is 2.70. The lowest BCUT2D eigenvalue weighted by Crippen LogP contribution is -2.24. The van der Waals surface area contributed by atoms with Crippen molar-refractivity contribution in [1.29, 1.82) is 0 Å². The monoisotopic (exact) mass is 292 g/mol. The predicted octanol–water partition coefficient (Wildman–Crippen LogP) is 1.14. The Morgan fingerprint density at radius 1 is 1.10 bits per heavy atom. The van der Waals surface area contributed by atoms with E-state index in [9.17, 15) is 14.7 Å². The minimum Gasteiger partial charge on any atom is -0.504 e. The van der Waals surface area contributed by atoms with E-state index in [0.29, 0.717) is 18.7 Å². The Kier molecular flexibility index (Phi) is 6.80. The second-order valence-corrected chi connectivity index (χ2v) is 4.56. The van der Waals surface area contributed by atoms with E-state index in [1.807, 2.05) is 0 Å². The highest BCUT2D eigenvalue weighted by Crippen LogP contribution is 2.25. The minimum absolute atomic E-state index is 0.0564. The van der Waals surface area contributed by atoms with Crippen LogP contribution in [0.15, 0.2) is 24.3 Å². The van der Waals surface area contributed by atoms with Gasteiger partial charge in [0.05, 0.1) is 0 Å². The molecule has 0 atom stereocenters. The summed E-state index contributed by atoms with van der Waals surface area (Å²) in [5.74, 6) is -0.715. The van der Waals surface area contributed by atoms with Crippen molar-refractivity contribution >= 4 is 17.9 Å². The summed E-state index contributed by atoms with van der Waals surface area (Å²) in [4.78, 5) is 22.2. The highest BCUT2D eigenvalue weighted by atomic mass is 16.3. The van der Waals surface area contributed by atoms with Gasteiger partial charge in [-0.1, -0.05) is 6.07 Å². The number of unbranched alkanes of at least 4 members (excludes halogenated alkanes) is 1. The standard InChI is InChI=1S/C15H20N2O4/c1-11(18)16-8-2-3-9-17-15(21)7-5-12-4-6-13(19)14(20)10-12/h4-7,10,19-20H,2-3,8-9H2,1H3,(H,16,18)(H,17,21). The van der Waals surface area contributed by atoms with Gasteiger partial charge >= 0.3 is 0 Å². The molecule has 0 aliphatic heterocycles. The molecule has 1 rings (SSSR count). The maximum absolute atomic E-state index is 11.5. The lowest BCUT2D eigenvalue weighted by Gasteiger charge is -2.03. The molecular weight excluding hydrogens is 272 g/mol. The van der Waals surface area contributed by atoms with Gasteiger partial charge < -0.3 is 20.8 Å². The van der Waals surface area contributed by atoms with Crippen molar-refractivity contribution in [2.24, 2.45) is 0 Å². The maximum atomic E-state index is 11.5. The van der Waals surface area contributed by atoms with Crippen LogP contribution in [0.5, 0.6) is 11.5 Å². The van der Waals surface area contributed by atoms with E-state index in [0.717, 1.165) is 12.8 Å². The number of hydrogen-bond acceptors (Lipinski definition) is 4. The molecule has 114 valence electrons. The predicted molar refractivity (Wildman–Crippen MR) is 79.7 cm³/mol. The van der Waals surface area contributed by atoms with E-state index in [2.05, 4.69) is 10.6 Å². The molecule has 21 heavy (non-hydrogen) atoms. The van der Waals surface area contributed by atoms with E-state index in [1.165, 1.54) is 25.1 Å². The van der Waals surface area contributed by atoms with Crippen molar-refractivity contribution in [1.82, 2.24) is 10.6 Å². The van der Waals surface area contributed by atoms with Crippen LogP contribution in [-0.4, -0.2) is 35.1 Å². The average molecular weight is 292 g/mol. The van der Waals surface area contributed by atoms with Crippen LogP contribution in [0.3, 0.4) is 0 Å². The van der Waals surface area contributed by atoms with E-state index in [4.69, 9.17) is 5.11 Å². The summed E-state index contributed by atoms with van der Waals surface area (Å²) in [5, 5.41) is 23.9. The summed E-state index contributed by atoms with van der Waals surface area (Å²) in [6.07, 6.45) is 4.49. The van der Waals surface area contributed by atoms with Crippen LogP contribution < -0.4 is 10.6 Å². The lowest BCUT2D eigenvalue weighted by molar-refractivity contribution is -0.119. The first-order valence-electron chi connectivity index (χ1n) is 6.71. The van der Waals surface area contributed by atoms with Gasteiger partial charge in [0.2, 0.25) is 11.8 Å². The summed E-state index contributed by atoms with van der Waals surface area (Å²) in [5.41, 5.74) is 0.617. The number of amides is 2. The Morgan fingerprint density at radius 3 is 2.38 bits per heavy atom. The normalized spacial score (nSPS) is 10.5. The fraction of sp³-hybridized carbons (Fsp3) is 0.333. The van der Waals surface area contributed by atoms with Crippen LogP contribution in [0.25, 0.3) is 6.08 Å². The van der Waals surface area contributed by atoms with Crippen molar-refractivity contribution in [3.05, 3.63) is 29.8 Å². The third-order valence-corrected chi connectivity index (χ3v) is 2.70. The lowest BCUT2D eigenvalue weighted by atomic mass is 10.2. The number of aromatic hydroxyl groups is 2. The highest BCUT2D eigenvalue weighted by molar-refractivity contribution is 5.91. The Labute approximate surface area is 123 Å². The number of carbonyl (C=O) groups excluding carboxylic acids is 2. The number of carbonyl (C=O) groups is 2. The summed E-state index contributed by atoms with van der Waals surface area (Å²) in [6, 6.07) is 4.31. The van der Waals surface area contributed by atoms with Gasteiger partial charge in [-0.3, -0.25) is 9.59 Å². The Hall–Kier alpha value is -2.50. The third kappa shape index (κ3) is 7.00. The number of phenols is 2. The number of hydrogen-bond donors (Lipinski definition) is 4. The Morgan fingerprint density at radius 2 is 1.76 bits per heavy atom. The molecule has 0 unspecified atom stereocenters. The number of phenolic OH excluding ortho intramolecular Hbond substituents is 2. The van der Waals surface area contributed by atoms with Crippen LogP contribution in [0.2, 0.25) is 0 Å². The molecule has 0 saturated carbocycles. The van der Waals surface area contributed by atoms with Crippen LogP contribution in [-0.2, 0) is 9.59 Å². The number of nitrogens with one attached hydrogen (secondary N) is 2. The molecule has 0 spiro atoms. The van der Waals surface area contributed by atoms with Crippen molar-refractivity contribution < 1.29 is 19.8 Å². The molecule has 0 saturated heterocycles. The van der Waals surface area contributed by atoms with Crippen molar-refractivity contribution in [2.75, 3.05) is 13.1 Å². The van der Waals surface area contributed by atoms with Gasteiger partial charge in [-0.05, 0) is 36.6 Å². The van der Waals surface area contributed by atoms with E-state index in [1.54, 1.807) is 12.1 Å². The van der Waals surface area contributed by atoms with Crippen LogP contribution in [0, 0.1) is 0 Å². The summed E-state index contributed by atoms with van der Waals surface area (Å²) in [7, 11) is 0. The minimum atomic E-state index is -0.234. The van der Waals surface area contributed by atoms with Crippen molar-refractivity contribution in [3.8, 4) is 11.5 Å². The topological polar surface area (TPSA) is 98.7 Å². The fourth-order valence-electron chi connectivity index (χ4n) is 1.60. The van der Waals surface area contributed by atoms with Gasteiger partial charge in [-0.2, -0.15) is 0 Å². The number of rotatable bonds is 7. The van der Waals surface area contributed by atoms with Gasteiger partial charge in [0.15, 0.2) is 11.5 Å². The zero-order valence-electron chi connectivity index (χ0n) is 11.9. The molecule has 0 aliphatic carbocycles. The zero-order valence-corrected chi connectivity index (χ0v) is 11.9. The first kappa shape index (κ1) is 16.6. The smallest absolute Gasteiger partial charge is 0.243 e. The largest absolute Gasteiger partial charge is 0.504 e. The molecule has 4 N–H and O–H groups in total. The quantitative estimate of drug-likeness (QED) is 0.344. The molecule has 1 aromatic rings. The molecular formula is C15H20N2O4. The highest BCUT2D eigenvalue weighted by Gasteiger charge is 1.99. The van der Waals surface area contributed by atoms with Crippen LogP contribution in [0.4, 0.5) is 0 Å². The molecule has 0 heterocycles. The van der Waals surface area contributed by atoms with E-state index >= 15 is 0 Å². The summed E-state index contributed by atoms with van der Waals surface area (Å²) < 4.78 is 0. The molecule has 6 nitrogen and oxygen atoms in total. The zero-order chi connectivity index (χ0) is 15.7. The molecule has 0 bridgehead atoms. The van der Waals surface area contributed by atoms with Gasteiger partial charge in [0, 0.05) is 26.1 Å². The van der Waals surface area contributed by atoms with E-state index < -0.39 is 0 Å². The molecule has 0 fully saturated rings. The molecule has 0 aliphatic rings. The first-order chi connectivity index (χ1) is 9.99. The van der Waals surface area contributed by atoms with Crippen molar-refractivity contribution in [2.45, 2.75) is 19.8 Å². The summed E-state index contributed by atoms with van der Waals surface area (Å²) >= 11 is 0. The van der Waals surface area contributed by atoms with Gasteiger partial charge in [-0.25, -0.2) is 0 Å². The van der Waals surface area contributed by atoms with Gasteiger partial charge in [0.1, 0.15) is 0 Å². The van der Waals surface area contributed by atoms with Gasteiger partial charge in [0.25, 0.3) is 0 Å². The molecule has 1 aromatic carbocycles. The van der Waals surface area contributed by atoms with Gasteiger partial charge in [-0.15, -0.1) is 0 Å². The summed E-state index contributed by atoms with van der Waals surface area (Å²) in [6.45, 7) is 2.60. The second-order valence-electron chi connectivity index (χ2n) is 4.56. The molecule has 6 heteroatoms. The average Bonchev–Trinajstić information content (AvgIpc) is 2.43. The second kappa shape index (κ2) is 8.63. The Balaban J connectivity index is 2.25. The number of benzene rings is 1. The van der Waals surface area contributed by atoms with Crippen LogP contribution >= 0.6 is 0 Å². The fourth-order valence-corrected chi connectivity index (χ4v) is 1.60. The maximum Gasteiger partial charge on any atom is 0.243 e.